The molecule has 1 aliphatic rings. The first kappa shape index (κ1) is 14.2. The SMILES string of the molecule is Cc1cc(CCCNC(=O)CN2C(=O)CCC2=O)on1. The monoisotopic (exact) mass is 279 g/mol. The molecule has 2 rings (SSSR count). The molecule has 1 aliphatic heterocycles. The van der Waals surface area contributed by atoms with Crippen molar-refractivity contribution >= 4 is 17.7 Å². The zero-order valence-corrected chi connectivity index (χ0v) is 11.3. The van der Waals surface area contributed by atoms with Crippen molar-refractivity contribution in [1.29, 1.82) is 0 Å². The average molecular weight is 279 g/mol. The van der Waals surface area contributed by atoms with Crippen LogP contribution in [0.1, 0.15) is 30.7 Å². The first-order valence-electron chi connectivity index (χ1n) is 6.58. The fourth-order valence-corrected chi connectivity index (χ4v) is 2.02. The molecule has 7 nitrogen and oxygen atoms in total. The van der Waals surface area contributed by atoms with Gasteiger partial charge in [-0.1, -0.05) is 5.16 Å². The van der Waals surface area contributed by atoms with Crippen molar-refractivity contribution in [2.45, 2.75) is 32.6 Å². The Kier molecular flexibility index (Phi) is 4.49. The number of aryl methyl sites for hydroxylation is 2. The van der Waals surface area contributed by atoms with Crippen LogP contribution in [0.2, 0.25) is 0 Å². The second-order valence-corrected chi connectivity index (χ2v) is 4.76. The van der Waals surface area contributed by atoms with E-state index >= 15 is 0 Å². The zero-order valence-electron chi connectivity index (χ0n) is 11.3. The topological polar surface area (TPSA) is 92.5 Å². The molecule has 7 heteroatoms. The lowest BCUT2D eigenvalue weighted by Gasteiger charge is -2.13. The van der Waals surface area contributed by atoms with Crippen LogP contribution in [0.5, 0.6) is 0 Å². The summed E-state index contributed by atoms with van der Waals surface area (Å²) in [4.78, 5) is 35.3. The number of carbonyl (C=O) groups is 3. The van der Waals surface area contributed by atoms with Crippen LogP contribution in [0.15, 0.2) is 10.6 Å². The average Bonchev–Trinajstić information content (AvgIpc) is 2.95. The highest BCUT2D eigenvalue weighted by Gasteiger charge is 2.30. The third-order valence-corrected chi connectivity index (χ3v) is 3.06. The van der Waals surface area contributed by atoms with Crippen molar-refractivity contribution in [3.05, 3.63) is 17.5 Å². The highest BCUT2D eigenvalue weighted by molar-refractivity contribution is 6.04. The maximum absolute atomic E-state index is 11.6. The van der Waals surface area contributed by atoms with Gasteiger partial charge in [-0.25, -0.2) is 0 Å². The van der Waals surface area contributed by atoms with Crippen LogP contribution < -0.4 is 5.32 Å². The Bertz CT molecular complexity index is 507. The summed E-state index contributed by atoms with van der Waals surface area (Å²) in [6.45, 7) is 2.13. The third kappa shape index (κ3) is 3.66. The number of imide groups is 1. The first-order valence-corrected chi connectivity index (χ1v) is 6.58. The van der Waals surface area contributed by atoms with Gasteiger partial charge < -0.3 is 9.84 Å². The minimum Gasteiger partial charge on any atom is -0.361 e. The number of hydrogen-bond acceptors (Lipinski definition) is 5. The molecule has 0 atom stereocenters. The molecule has 1 fully saturated rings. The number of carbonyl (C=O) groups excluding carboxylic acids is 3. The van der Waals surface area contributed by atoms with Gasteiger partial charge >= 0.3 is 0 Å². The van der Waals surface area contributed by atoms with Gasteiger partial charge in [0.05, 0.1) is 5.69 Å². The second kappa shape index (κ2) is 6.31. The molecule has 1 saturated heterocycles. The molecule has 0 bridgehead atoms. The van der Waals surface area contributed by atoms with Crippen LogP contribution >= 0.6 is 0 Å². The molecule has 108 valence electrons. The summed E-state index contributed by atoms with van der Waals surface area (Å²) in [6.07, 6.45) is 1.80. The molecule has 1 aromatic heterocycles. The van der Waals surface area contributed by atoms with Gasteiger partial charge in [0, 0.05) is 31.9 Å². The quantitative estimate of drug-likeness (QED) is 0.592. The van der Waals surface area contributed by atoms with Crippen molar-refractivity contribution < 1.29 is 18.9 Å². The van der Waals surface area contributed by atoms with Crippen LogP contribution in [0.25, 0.3) is 0 Å². The van der Waals surface area contributed by atoms with Gasteiger partial charge in [0.1, 0.15) is 12.3 Å². The smallest absolute Gasteiger partial charge is 0.240 e. The Labute approximate surface area is 116 Å². The van der Waals surface area contributed by atoms with Crippen molar-refractivity contribution in [3.8, 4) is 0 Å². The van der Waals surface area contributed by atoms with E-state index in [0.717, 1.165) is 16.4 Å². The maximum Gasteiger partial charge on any atom is 0.240 e. The summed E-state index contributed by atoms with van der Waals surface area (Å²) in [5.74, 6) is -0.0893. The van der Waals surface area contributed by atoms with E-state index in [1.807, 2.05) is 13.0 Å². The highest BCUT2D eigenvalue weighted by Crippen LogP contribution is 2.10. The summed E-state index contributed by atoms with van der Waals surface area (Å²) in [5, 5.41) is 6.45. The molecule has 0 radical (unpaired) electrons. The van der Waals surface area contributed by atoms with Crippen molar-refractivity contribution in [3.63, 3.8) is 0 Å². The van der Waals surface area contributed by atoms with E-state index in [1.54, 1.807) is 0 Å². The van der Waals surface area contributed by atoms with E-state index in [2.05, 4.69) is 10.5 Å². The Hall–Kier alpha value is -2.18. The van der Waals surface area contributed by atoms with Crippen LogP contribution in [0.4, 0.5) is 0 Å². The largest absolute Gasteiger partial charge is 0.361 e. The number of rotatable bonds is 6. The van der Waals surface area contributed by atoms with Gasteiger partial charge in [-0.3, -0.25) is 19.3 Å². The number of nitrogens with zero attached hydrogens (tertiary/aromatic N) is 2. The second-order valence-electron chi connectivity index (χ2n) is 4.76. The summed E-state index contributed by atoms with van der Waals surface area (Å²) in [5.41, 5.74) is 0.829. The standard InChI is InChI=1S/C13H17N3O4/c1-9-7-10(20-15-9)3-2-6-14-11(17)8-16-12(18)4-5-13(16)19/h7H,2-6,8H2,1H3,(H,14,17). The summed E-state index contributed by atoms with van der Waals surface area (Å²) < 4.78 is 5.05. The molecule has 20 heavy (non-hydrogen) atoms. The van der Waals surface area contributed by atoms with Gasteiger partial charge in [-0.15, -0.1) is 0 Å². The molecule has 1 N–H and O–H groups in total. The number of amides is 3. The predicted octanol–water partition coefficient (Wildman–Crippen LogP) is 0.181. The predicted molar refractivity (Wildman–Crippen MR) is 68.5 cm³/mol. The van der Waals surface area contributed by atoms with E-state index in [9.17, 15) is 14.4 Å². The summed E-state index contributed by atoms with van der Waals surface area (Å²) in [6, 6.07) is 1.85. The molecule has 0 spiro atoms. The first-order chi connectivity index (χ1) is 9.56. The third-order valence-electron chi connectivity index (χ3n) is 3.06. The molecule has 0 aliphatic carbocycles. The lowest BCUT2D eigenvalue weighted by molar-refractivity contribution is -0.142. The molecule has 0 aromatic carbocycles. The van der Waals surface area contributed by atoms with Crippen molar-refractivity contribution in [2.24, 2.45) is 0 Å². The summed E-state index contributed by atoms with van der Waals surface area (Å²) in [7, 11) is 0. The normalized spacial score (nSPS) is 14.9. The molecular weight excluding hydrogens is 262 g/mol. The van der Waals surface area contributed by atoms with E-state index < -0.39 is 0 Å². The van der Waals surface area contributed by atoms with Gasteiger partial charge in [-0.05, 0) is 13.3 Å². The van der Waals surface area contributed by atoms with E-state index in [1.165, 1.54) is 0 Å². The molecule has 1 aromatic rings. The highest BCUT2D eigenvalue weighted by atomic mass is 16.5. The molecule has 2 heterocycles. The Morgan fingerprint density at radius 3 is 2.70 bits per heavy atom. The number of nitrogens with one attached hydrogen (secondary N) is 1. The fourth-order valence-electron chi connectivity index (χ4n) is 2.02. The van der Waals surface area contributed by atoms with Gasteiger partial charge in [0.25, 0.3) is 0 Å². The zero-order chi connectivity index (χ0) is 14.5. The number of hydrogen-bond donors (Lipinski definition) is 1. The summed E-state index contributed by atoms with van der Waals surface area (Å²) >= 11 is 0. The van der Waals surface area contributed by atoms with Crippen molar-refractivity contribution in [2.75, 3.05) is 13.1 Å². The molecule has 3 amide bonds. The Morgan fingerprint density at radius 2 is 2.10 bits per heavy atom. The van der Waals surface area contributed by atoms with Crippen LogP contribution in [-0.2, 0) is 20.8 Å². The lowest BCUT2D eigenvalue weighted by atomic mass is 10.2. The van der Waals surface area contributed by atoms with Crippen LogP contribution in [-0.4, -0.2) is 40.9 Å². The Morgan fingerprint density at radius 1 is 1.40 bits per heavy atom. The lowest BCUT2D eigenvalue weighted by Crippen LogP contribution is -2.40. The van der Waals surface area contributed by atoms with Crippen LogP contribution in [0.3, 0.4) is 0 Å². The number of likely N-dealkylation sites (tertiary alicyclic amines) is 1. The van der Waals surface area contributed by atoms with Crippen molar-refractivity contribution in [1.82, 2.24) is 15.4 Å². The number of aromatic nitrogens is 1. The van der Waals surface area contributed by atoms with Gasteiger partial charge in [0.15, 0.2) is 0 Å². The van der Waals surface area contributed by atoms with E-state index in [-0.39, 0.29) is 37.1 Å². The van der Waals surface area contributed by atoms with E-state index in [4.69, 9.17) is 4.52 Å². The minimum absolute atomic E-state index is 0.181. The maximum atomic E-state index is 11.6. The molecule has 0 saturated carbocycles. The van der Waals surface area contributed by atoms with E-state index in [0.29, 0.717) is 19.4 Å². The van der Waals surface area contributed by atoms with Gasteiger partial charge in [0.2, 0.25) is 17.7 Å². The van der Waals surface area contributed by atoms with Gasteiger partial charge in [-0.2, -0.15) is 0 Å². The van der Waals surface area contributed by atoms with Crippen LogP contribution in [0, 0.1) is 6.92 Å². The molecular formula is C13H17N3O4. The molecule has 0 unspecified atom stereocenters. The minimum atomic E-state index is -0.317. The fraction of sp³-hybridized carbons (Fsp3) is 0.538. The Balaban J connectivity index is 1.65.